The highest BCUT2D eigenvalue weighted by Gasteiger charge is 2.21. The lowest BCUT2D eigenvalue weighted by molar-refractivity contribution is 0.735. The standard InChI is InChI=1S/C22H26/c1-4-9-17-14-19-12-13-20(16(3)5-2)22(21(19)15-17)18-10-7-6-8-11-18/h6-8,10-13,15-16H,4-5,9,14H2,1-3H3. The van der Waals surface area contributed by atoms with Gasteiger partial charge in [0, 0.05) is 0 Å². The quantitative estimate of drug-likeness (QED) is 0.581. The van der Waals surface area contributed by atoms with Crippen molar-refractivity contribution in [2.24, 2.45) is 0 Å². The van der Waals surface area contributed by atoms with Crippen molar-refractivity contribution in [3.63, 3.8) is 0 Å². The van der Waals surface area contributed by atoms with E-state index in [0.29, 0.717) is 5.92 Å². The molecule has 0 fully saturated rings. The van der Waals surface area contributed by atoms with E-state index in [-0.39, 0.29) is 0 Å². The number of rotatable bonds is 5. The summed E-state index contributed by atoms with van der Waals surface area (Å²) in [5, 5.41) is 0. The Bertz CT molecular complexity index is 677. The maximum Gasteiger partial charge on any atom is -0.00576 e. The van der Waals surface area contributed by atoms with E-state index in [0.717, 1.165) is 6.42 Å². The molecule has 0 heteroatoms. The first-order chi connectivity index (χ1) is 10.7. The average molecular weight is 290 g/mol. The zero-order chi connectivity index (χ0) is 15.5. The predicted octanol–water partition coefficient (Wildman–Crippen LogP) is 6.61. The fraction of sp³-hybridized carbons (Fsp3) is 0.364. The highest BCUT2D eigenvalue weighted by Crippen LogP contribution is 2.40. The van der Waals surface area contributed by atoms with Crippen LogP contribution in [0.25, 0.3) is 17.2 Å². The molecule has 22 heavy (non-hydrogen) atoms. The second-order valence-corrected chi connectivity index (χ2v) is 6.51. The van der Waals surface area contributed by atoms with Crippen LogP contribution in [0.5, 0.6) is 0 Å². The summed E-state index contributed by atoms with van der Waals surface area (Å²) in [6.07, 6.45) is 7.25. The van der Waals surface area contributed by atoms with Gasteiger partial charge >= 0.3 is 0 Å². The lowest BCUT2D eigenvalue weighted by atomic mass is 9.85. The molecule has 2 aromatic rings. The van der Waals surface area contributed by atoms with Gasteiger partial charge in [-0.1, -0.05) is 81.3 Å². The summed E-state index contributed by atoms with van der Waals surface area (Å²) >= 11 is 0. The molecule has 0 radical (unpaired) electrons. The maximum absolute atomic E-state index is 2.47. The summed E-state index contributed by atoms with van der Waals surface area (Å²) in [4.78, 5) is 0. The minimum Gasteiger partial charge on any atom is -0.0652 e. The number of fused-ring (bicyclic) bond motifs is 1. The zero-order valence-electron chi connectivity index (χ0n) is 14.0. The van der Waals surface area contributed by atoms with Gasteiger partial charge < -0.3 is 0 Å². The van der Waals surface area contributed by atoms with Crippen LogP contribution >= 0.6 is 0 Å². The van der Waals surface area contributed by atoms with Crippen LogP contribution in [0.2, 0.25) is 0 Å². The Morgan fingerprint density at radius 1 is 1.00 bits per heavy atom. The first kappa shape index (κ1) is 15.1. The summed E-state index contributed by atoms with van der Waals surface area (Å²) < 4.78 is 0. The zero-order valence-corrected chi connectivity index (χ0v) is 14.0. The van der Waals surface area contributed by atoms with Gasteiger partial charge in [-0.05, 0) is 53.0 Å². The van der Waals surface area contributed by atoms with Gasteiger partial charge in [-0.15, -0.1) is 0 Å². The second kappa shape index (κ2) is 6.52. The Labute approximate surface area is 134 Å². The summed E-state index contributed by atoms with van der Waals surface area (Å²) in [5.74, 6) is 0.601. The number of hydrogen-bond acceptors (Lipinski definition) is 0. The Kier molecular flexibility index (Phi) is 4.47. The first-order valence-corrected chi connectivity index (χ1v) is 8.65. The van der Waals surface area contributed by atoms with Crippen LogP contribution < -0.4 is 0 Å². The van der Waals surface area contributed by atoms with Crippen LogP contribution in [0.3, 0.4) is 0 Å². The molecule has 0 aromatic heterocycles. The fourth-order valence-electron chi connectivity index (χ4n) is 3.54. The van der Waals surface area contributed by atoms with Crippen molar-refractivity contribution in [3.8, 4) is 11.1 Å². The molecule has 3 rings (SSSR count). The van der Waals surface area contributed by atoms with E-state index < -0.39 is 0 Å². The lowest BCUT2D eigenvalue weighted by Crippen LogP contribution is -1.99. The summed E-state index contributed by atoms with van der Waals surface area (Å²) in [6, 6.07) is 15.7. The molecule has 0 saturated heterocycles. The van der Waals surface area contributed by atoms with Crippen molar-refractivity contribution in [1.29, 1.82) is 0 Å². The van der Waals surface area contributed by atoms with Gasteiger partial charge in [-0.2, -0.15) is 0 Å². The normalized spacial score (nSPS) is 14.6. The average Bonchev–Trinajstić information content (AvgIpc) is 2.96. The number of benzene rings is 2. The molecule has 0 nitrogen and oxygen atoms in total. The fourth-order valence-corrected chi connectivity index (χ4v) is 3.54. The van der Waals surface area contributed by atoms with Gasteiger partial charge in [-0.3, -0.25) is 0 Å². The van der Waals surface area contributed by atoms with Crippen molar-refractivity contribution in [3.05, 3.63) is 64.7 Å². The van der Waals surface area contributed by atoms with E-state index in [4.69, 9.17) is 0 Å². The number of allylic oxidation sites excluding steroid dienone is 1. The van der Waals surface area contributed by atoms with Gasteiger partial charge in [-0.25, -0.2) is 0 Å². The van der Waals surface area contributed by atoms with E-state index in [1.165, 1.54) is 47.1 Å². The van der Waals surface area contributed by atoms with Crippen molar-refractivity contribution < 1.29 is 0 Å². The van der Waals surface area contributed by atoms with Gasteiger partial charge in [0.05, 0.1) is 0 Å². The molecule has 1 aliphatic carbocycles. The van der Waals surface area contributed by atoms with Crippen LogP contribution in [0.4, 0.5) is 0 Å². The molecule has 114 valence electrons. The van der Waals surface area contributed by atoms with Crippen molar-refractivity contribution in [2.45, 2.75) is 52.4 Å². The van der Waals surface area contributed by atoms with E-state index in [1.54, 1.807) is 5.57 Å². The SMILES string of the molecule is CCCC1=Cc2c(ccc(C(C)CC)c2-c2ccccc2)C1. The molecule has 0 spiro atoms. The molecule has 0 saturated carbocycles. The largest absolute Gasteiger partial charge is 0.0652 e. The summed E-state index contributed by atoms with van der Waals surface area (Å²) in [6.45, 7) is 6.90. The van der Waals surface area contributed by atoms with Crippen molar-refractivity contribution >= 4 is 6.08 Å². The van der Waals surface area contributed by atoms with Gasteiger partial charge in [0.1, 0.15) is 0 Å². The molecule has 1 atom stereocenters. The van der Waals surface area contributed by atoms with Crippen LogP contribution in [0, 0.1) is 0 Å². The monoisotopic (exact) mass is 290 g/mol. The van der Waals surface area contributed by atoms with Gasteiger partial charge in [0.25, 0.3) is 0 Å². The van der Waals surface area contributed by atoms with Crippen LogP contribution in [0.15, 0.2) is 48.0 Å². The third kappa shape index (κ3) is 2.75. The molecule has 1 aliphatic rings. The lowest BCUT2D eigenvalue weighted by Gasteiger charge is -2.19. The van der Waals surface area contributed by atoms with Crippen molar-refractivity contribution in [2.75, 3.05) is 0 Å². The van der Waals surface area contributed by atoms with E-state index >= 15 is 0 Å². The minimum atomic E-state index is 0.601. The predicted molar refractivity (Wildman–Crippen MR) is 97.2 cm³/mol. The Hall–Kier alpha value is -1.82. The molecular weight excluding hydrogens is 264 g/mol. The topological polar surface area (TPSA) is 0 Å². The Morgan fingerprint density at radius 3 is 2.45 bits per heavy atom. The molecule has 0 bridgehead atoms. The third-order valence-corrected chi connectivity index (χ3v) is 4.91. The second-order valence-electron chi connectivity index (χ2n) is 6.51. The molecule has 0 heterocycles. The summed E-state index contributed by atoms with van der Waals surface area (Å²) in [7, 11) is 0. The number of hydrogen-bond donors (Lipinski definition) is 0. The van der Waals surface area contributed by atoms with E-state index in [2.05, 4.69) is 69.3 Å². The van der Waals surface area contributed by atoms with Gasteiger partial charge in [0.15, 0.2) is 0 Å². The molecule has 0 amide bonds. The molecule has 0 aliphatic heterocycles. The van der Waals surface area contributed by atoms with Gasteiger partial charge in [0.2, 0.25) is 0 Å². The maximum atomic E-state index is 2.47. The molecule has 2 aromatic carbocycles. The third-order valence-electron chi connectivity index (χ3n) is 4.91. The van der Waals surface area contributed by atoms with E-state index in [9.17, 15) is 0 Å². The van der Waals surface area contributed by atoms with Crippen LogP contribution in [0.1, 0.15) is 62.6 Å². The minimum absolute atomic E-state index is 0.601. The highest BCUT2D eigenvalue weighted by molar-refractivity contribution is 5.83. The van der Waals surface area contributed by atoms with E-state index in [1.807, 2.05) is 0 Å². The van der Waals surface area contributed by atoms with Crippen LogP contribution in [-0.2, 0) is 6.42 Å². The molecule has 1 unspecified atom stereocenters. The first-order valence-electron chi connectivity index (χ1n) is 8.65. The molecular formula is C22H26. The van der Waals surface area contributed by atoms with Crippen LogP contribution in [-0.4, -0.2) is 0 Å². The van der Waals surface area contributed by atoms with Crippen molar-refractivity contribution in [1.82, 2.24) is 0 Å². The highest BCUT2D eigenvalue weighted by atomic mass is 14.2. The molecule has 0 N–H and O–H groups in total. The summed E-state index contributed by atoms with van der Waals surface area (Å²) in [5.41, 5.74) is 8.92. The smallest absolute Gasteiger partial charge is 0.00576 e. The Morgan fingerprint density at radius 2 is 1.77 bits per heavy atom. The Balaban J connectivity index is 2.18.